The number of pyridine rings is 2. The van der Waals surface area contributed by atoms with E-state index in [0.717, 1.165) is 12.1 Å². The van der Waals surface area contributed by atoms with E-state index in [1.165, 1.54) is 25.6 Å². The number of methoxy groups -OCH3 is 1. The highest BCUT2D eigenvalue weighted by Gasteiger charge is 2.27. The van der Waals surface area contributed by atoms with Crippen molar-refractivity contribution in [1.82, 2.24) is 9.97 Å². The molecule has 1 aliphatic heterocycles. The summed E-state index contributed by atoms with van der Waals surface area (Å²) in [5, 5.41) is 0. The van der Waals surface area contributed by atoms with Gasteiger partial charge in [-0.05, 0) is 55.8 Å². The Morgan fingerprint density at radius 1 is 1.05 bits per heavy atom. The number of carbonyl (C=O) groups excluding carboxylic acids is 1. The minimum Gasteiger partial charge on any atom is -0.490 e. The minimum atomic E-state index is -4.47. The lowest BCUT2D eigenvalue weighted by Crippen LogP contribution is -2.38. The molecule has 3 heterocycles. The third-order valence-electron chi connectivity index (χ3n) is 6.21. The lowest BCUT2D eigenvalue weighted by molar-refractivity contribution is 0.0975. The first-order valence-electron chi connectivity index (χ1n) is 12.8. The van der Waals surface area contributed by atoms with Gasteiger partial charge in [0, 0.05) is 35.7 Å². The van der Waals surface area contributed by atoms with E-state index in [4.69, 9.17) is 14.2 Å². The van der Waals surface area contributed by atoms with Crippen molar-refractivity contribution in [2.45, 2.75) is 24.8 Å². The summed E-state index contributed by atoms with van der Waals surface area (Å²) in [4.78, 5) is 22.7. The van der Waals surface area contributed by atoms with Gasteiger partial charge in [-0.3, -0.25) is 9.52 Å². The van der Waals surface area contributed by atoms with Crippen LogP contribution in [0.2, 0.25) is 0 Å². The number of aromatic nitrogens is 2. The molecule has 1 N–H and O–H groups in total. The zero-order valence-electron chi connectivity index (χ0n) is 22.8. The predicted octanol–water partition coefficient (Wildman–Crippen LogP) is 5.06. The van der Waals surface area contributed by atoms with Crippen LogP contribution in [0.5, 0.6) is 17.5 Å². The summed E-state index contributed by atoms with van der Waals surface area (Å²) in [6.07, 6.45) is 2.86. The fourth-order valence-corrected chi connectivity index (χ4v) is 5.46. The standard InChI is InChI=1S/C29H26F2N4O6S/c1-17(2)41-27-14-19(8-9-32-27)29(36)35-10-11-40-25-6-4-18(13-24(25)35)20-12-23(28(39-3)33-16-20)34-42(37,38)26-7-5-21(30)15-22(26)31/h4-9,12-17,34H,10-11H2,1-3H3. The number of sulfonamides is 1. The van der Waals surface area contributed by atoms with Crippen molar-refractivity contribution in [1.29, 1.82) is 0 Å². The molecule has 0 saturated heterocycles. The van der Waals surface area contributed by atoms with Crippen molar-refractivity contribution >= 4 is 27.3 Å². The number of carbonyl (C=O) groups is 1. The average Bonchev–Trinajstić information content (AvgIpc) is 2.95. The molecule has 42 heavy (non-hydrogen) atoms. The third-order valence-corrected chi connectivity index (χ3v) is 7.61. The van der Waals surface area contributed by atoms with Gasteiger partial charge >= 0.3 is 0 Å². The Morgan fingerprint density at radius 2 is 1.86 bits per heavy atom. The number of rotatable bonds is 8. The monoisotopic (exact) mass is 596 g/mol. The normalized spacial score (nSPS) is 12.9. The molecule has 1 amide bonds. The summed E-state index contributed by atoms with van der Waals surface area (Å²) < 4.78 is 72.4. The highest BCUT2D eigenvalue weighted by molar-refractivity contribution is 7.92. The van der Waals surface area contributed by atoms with Gasteiger partial charge in [-0.1, -0.05) is 6.07 Å². The van der Waals surface area contributed by atoms with Gasteiger partial charge in [0.05, 0.1) is 25.4 Å². The molecule has 4 aromatic rings. The second-order valence-corrected chi connectivity index (χ2v) is 11.1. The fraction of sp³-hybridized carbons (Fsp3) is 0.207. The summed E-state index contributed by atoms with van der Waals surface area (Å²) in [7, 11) is -3.17. The number of hydrogen-bond acceptors (Lipinski definition) is 8. The molecule has 2 aromatic heterocycles. The van der Waals surface area contributed by atoms with Crippen LogP contribution in [-0.4, -0.2) is 50.7 Å². The first-order valence-corrected chi connectivity index (χ1v) is 14.3. The molecular formula is C29H26F2N4O6S. The number of halogens is 2. The number of ether oxygens (including phenoxy) is 3. The van der Waals surface area contributed by atoms with E-state index in [1.807, 2.05) is 13.8 Å². The molecule has 0 saturated carbocycles. The van der Waals surface area contributed by atoms with Crippen molar-refractivity contribution < 1.29 is 36.2 Å². The number of nitrogens with one attached hydrogen (secondary N) is 1. The molecule has 0 spiro atoms. The fourth-order valence-electron chi connectivity index (χ4n) is 4.35. The van der Waals surface area contributed by atoms with Gasteiger partial charge in [0.2, 0.25) is 11.8 Å². The van der Waals surface area contributed by atoms with Crippen LogP contribution >= 0.6 is 0 Å². The molecule has 0 aliphatic carbocycles. The van der Waals surface area contributed by atoms with Gasteiger partial charge in [-0.25, -0.2) is 27.2 Å². The van der Waals surface area contributed by atoms with Crippen molar-refractivity contribution in [2.24, 2.45) is 0 Å². The molecule has 5 rings (SSSR count). The molecule has 2 aromatic carbocycles. The van der Waals surface area contributed by atoms with Crippen LogP contribution < -0.4 is 23.8 Å². The van der Waals surface area contributed by atoms with E-state index in [-0.39, 0.29) is 36.7 Å². The van der Waals surface area contributed by atoms with Crippen LogP contribution in [0.4, 0.5) is 20.2 Å². The largest absolute Gasteiger partial charge is 0.490 e. The summed E-state index contributed by atoms with van der Waals surface area (Å²) in [5.41, 5.74) is 1.85. The van der Waals surface area contributed by atoms with Crippen molar-refractivity contribution in [3.8, 4) is 28.6 Å². The Bertz CT molecular complexity index is 1770. The number of amides is 1. The van der Waals surface area contributed by atoms with Crippen LogP contribution in [0.3, 0.4) is 0 Å². The van der Waals surface area contributed by atoms with E-state index < -0.39 is 26.6 Å². The highest BCUT2D eigenvalue weighted by atomic mass is 32.2. The topological polar surface area (TPSA) is 120 Å². The second kappa shape index (κ2) is 11.6. The minimum absolute atomic E-state index is 0.0694. The van der Waals surface area contributed by atoms with E-state index >= 15 is 0 Å². The molecule has 0 atom stereocenters. The number of nitrogens with zero attached hydrogens (tertiary/aromatic N) is 3. The summed E-state index contributed by atoms with van der Waals surface area (Å²) >= 11 is 0. The van der Waals surface area contributed by atoms with Crippen LogP contribution in [0.1, 0.15) is 24.2 Å². The van der Waals surface area contributed by atoms with Gasteiger partial charge in [0.25, 0.3) is 15.9 Å². The van der Waals surface area contributed by atoms with Crippen molar-refractivity contribution in [3.05, 3.63) is 84.2 Å². The van der Waals surface area contributed by atoms with Crippen molar-refractivity contribution in [3.63, 3.8) is 0 Å². The van der Waals surface area contributed by atoms with Crippen LogP contribution in [0, 0.1) is 11.6 Å². The Kier molecular flexibility index (Phi) is 7.94. The quantitative estimate of drug-likeness (QED) is 0.300. The summed E-state index contributed by atoms with van der Waals surface area (Å²) in [6.45, 7) is 4.30. The number of benzene rings is 2. The van der Waals surface area contributed by atoms with Gasteiger partial charge in [-0.2, -0.15) is 0 Å². The van der Waals surface area contributed by atoms with E-state index in [0.29, 0.717) is 40.1 Å². The van der Waals surface area contributed by atoms with Crippen LogP contribution in [-0.2, 0) is 10.0 Å². The smallest absolute Gasteiger partial charge is 0.264 e. The zero-order valence-corrected chi connectivity index (χ0v) is 23.6. The maximum Gasteiger partial charge on any atom is 0.264 e. The Labute approximate surface area is 240 Å². The SMILES string of the molecule is COc1ncc(-c2ccc3c(c2)N(C(=O)c2ccnc(OC(C)C)c2)CCO3)cc1NS(=O)(=O)c1ccc(F)cc1F. The highest BCUT2D eigenvalue weighted by Crippen LogP contribution is 2.38. The van der Waals surface area contributed by atoms with Gasteiger partial charge in [-0.15, -0.1) is 0 Å². The van der Waals surface area contributed by atoms with Crippen molar-refractivity contribution in [2.75, 3.05) is 29.9 Å². The third kappa shape index (κ3) is 5.96. The lowest BCUT2D eigenvalue weighted by Gasteiger charge is -2.30. The average molecular weight is 597 g/mol. The van der Waals surface area contributed by atoms with E-state index in [1.54, 1.807) is 35.2 Å². The molecule has 0 fully saturated rings. The predicted molar refractivity (Wildman–Crippen MR) is 151 cm³/mol. The van der Waals surface area contributed by atoms with Gasteiger partial charge in [0.1, 0.15) is 34.6 Å². The Morgan fingerprint density at radius 3 is 2.60 bits per heavy atom. The van der Waals surface area contributed by atoms with Crippen LogP contribution in [0.15, 0.2) is 71.9 Å². The number of hydrogen-bond donors (Lipinski definition) is 1. The first-order chi connectivity index (χ1) is 20.1. The van der Waals surface area contributed by atoms with Crippen LogP contribution in [0.25, 0.3) is 11.1 Å². The molecule has 1 aliphatic rings. The molecule has 0 bridgehead atoms. The Balaban J connectivity index is 1.48. The van der Waals surface area contributed by atoms with Gasteiger partial charge < -0.3 is 19.1 Å². The van der Waals surface area contributed by atoms with E-state index in [2.05, 4.69) is 14.7 Å². The lowest BCUT2D eigenvalue weighted by atomic mass is 10.0. The summed E-state index contributed by atoms with van der Waals surface area (Å²) in [6, 6.07) is 11.9. The molecule has 13 heteroatoms. The molecule has 0 radical (unpaired) electrons. The maximum atomic E-state index is 14.3. The van der Waals surface area contributed by atoms with Gasteiger partial charge in [0.15, 0.2) is 0 Å². The second-order valence-electron chi connectivity index (χ2n) is 9.50. The Hall–Kier alpha value is -4.78. The van der Waals surface area contributed by atoms with E-state index in [9.17, 15) is 22.0 Å². The molecule has 218 valence electrons. The zero-order chi connectivity index (χ0) is 30.0. The molecule has 10 nitrogen and oxygen atoms in total. The number of fused-ring (bicyclic) bond motifs is 1. The first kappa shape index (κ1) is 28.7. The molecular weight excluding hydrogens is 570 g/mol. The molecule has 0 unspecified atom stereocenters. The maximum absolute atomic E-state index is 14.3. The number of anilines is 2. The summed E-state index contributed by atoms with van der Waals surface area (Å²) in [5.74, 6) is -1.69.